The first-order valence-electron chi connectivity index (χ1n) is 3.60. The Morgan fingerprint density at radius 2 is 1.88 bits per heavy atom. The first kappa shape index (κ1) is 20.3. The summed E-state index contributed by atoms with van der Waals surface area (Å²) in [5, 5.41) is 9.58. The van der Waals surface area contributed by atoms with E-state index in [9.17, 15) is 8.42 Å². The van der Waals surface area contributed by atoms with Crippen molar-refractivity contribution in [3.8, 4) is 0 Å². The van der Waals surface area contributed by atoms with Crippen LogP contribution in [0.3, 0.4) is 0 Å². The number of hydrazone groups is 1. The summed E-state index contributed by atoms with van der Waals surface area (Å²) in [6.45, 7) is 1.77. The van der Waals surface area contributed by atoms with Gasteiger partial charge in [-0.05, 0) is 6.92 Å². The average Bonchev–Trinajstić information content (AvgIpc) is 2.15. The van der Waals surface area contributed by atoms with Gasteiger partial charge in [-0.25, -0.2) is 5.84 Å². The first-order chi connectivity index (χ1) is 7.08. The van der Waals surface area contributed by atoms with E-state index in [0.717, 1.165) is 5.71 Å². The molecule has 0 spiro atoms. The number of nitrogens with two attached hydrogens (primary N) is 3. The van der Waals surface area contributed by atoms with Gasteiger partial charge in [0.1, 0.15) is 0 Å². The van der Waals surface area contributed by atoms with Crippen molar-refractivity contribution in [2.75, 3.05) is 12.1 Å². The summed E-state index contributed by atoms with van der Waals surface area (Å²) >= 11 is 5.24. The predicted octanol–water partition coefficient (Wildman–Crippen LogP) is -1.59. The fourth-order valence-electron chi connectivity index (χ4n) is 0.0345. The lowest BCUT2D eigenvalue weighted by molar-refractivity contribution is 0.490. The highest BCUT2D eigenvalue weighted by Gasteiger charge is 1.81. The van der Waals surface area contributed by atoms with Gasteiger partial charge < -0.3 is 11.6 Å². The molecule has 0 rings (SSSR count). The molecular weight excluding hydrogens is 260 g/mol. The molecule has 0 aliphatic heterocycles. The number of hydrazine groups is 1. The van der Waals surface area contributed by atoms with E-state index < -0.39 is 10.1 Å². The van der Waals surface area contributed by atoms with E-state index in [-0.39, 0.29) is 5.96 Å². The second-order valence-corrected chi connectivity index (χ2v) is 4.02. The van der Waals surface area contributed by atoms with Crippen LogP contribution in [0, 0.1) is 5.41 Å². The van der Waals surface area contributed by atoms with E-state index in [0.29, 0.717) is 12.1 Å². The molecular formula is C5H17ClN6O3S. The maximum atomic E-state index is 9.19. The Hall–Kier alpha value is -1.10. The van der Waals surface area contributed by atoms with Crippen molar-refractivity contribution in [3.05, 3.63) is 0 Å². The van der Waals surface area contributed by atoms with Gasteiger partial charge in [0.05, 0.1) is 12.1 Å². The SMILES string of the molecule is CC(CCl)=NN.CS(=O)(=O)O.N=C(N)NN. The normalized spacial score (nSPS) is 10.2. The van der Waals surface area contributed by atoms with E-state index >= 15 is 0 Å². The van der Waals surface area contributed by atoms with Gasteiger partial charge in [-0.1, -0.05) is 0 Å². The molecule has 11 heteroatoms. The van der Waals surface area contributed by atoms with Gasteiger partial charge in [-0.2, -0.15) is 13.5 Å². The van der Waals surface area contributed by atoms with E-state index in [1.54, 1.807) is 6.92 Å². The topological polar surface area (TPSA) is 181 Å². The molecule has 0 aromatic rings. The zero-order chi connectivity index (χ0) is 13.8. The monoisotopic (exact) mass is 276 g/mol. The summed E-state index contributed by atoms with van der Waals surface area (Å²) in [5.41, 5.74) is 7.29. The summed E-state index contributed by atoms with van der Waals surface area (Å²) < 4.78 is 25.9. The molecule has 0 aliphatic carbocycles. The lowest BCUT2D eigenvalue weighted by atomic mass is 10.5. The summed E-state index contributed by atoms with van der Waals surface area (Å²) in [6.07, 6.45) is 0.715. The van der Waals surface area contributed by atoms with Crippen molar-refractivity contribution in [2.45, 2.75) is 6.92 Å². The second-order valence-electron chi connectivity index (χ2n) is 2.29. The highest BCUT2D eigenvalue weighted by Crippen LogP contribution is 1.75. The van der Waals surface area contributed by atoms with Gasteiger partial charge in [-0.15, -0.1) is 11.6 Å². The van der Waals surface area contributed by atoms with Crippen molar-refractivity contribution < 1.29 is 13.0 Å². The molecule has 0 radical (unpaired) electrons. The number of alkyl halides is 1. The Kier molecular flexibility index (Phi) is 15.2. The Balaban J connectivity index is -0.000000160. The predicted molar refractivity (Wildman–Crippen MR) is 64.7 cm³/mol. The smallest absolute Gasteiger partial charge is 0.261 e. The minimum Gasteiger partial charge on any atom is -0.369 e. The van der Waals surface area contributed by atoms with E-state index in [1.165, 1.54) is 0 Å². The van der Waals surface area contributed by atoms with Crippen molar-refractivity contribution in [2.24, 2.45) is 22.5 Å². The highest BCUT2D eigenvalue weighted by molar-refractivity contribution is 7.85. The minimum absolute atomic E-state index is 0.218. The second kappa shape index (κ2) is 12.0. The first-order valence-corrected chi connectivity index (χ1v) is 5.99. The molecule has 16 heavy (non-hydrogen) atoms. The van der Waals surface area contributed by atoms with Gasteiger partial charge in [0.25, 0.3) is 10.1 Å². The molecule has 0 fully saturated rings. The van der Waals surface area contributed by atoms with Crippen LogP contribution in [-0.2, 0) is 10.1 Å². The zero-order valence-corrected chi connectivity index (χ0v) is 10.5. The standard InChI is InChI=1S/C3H7ClN2.CH6N4.CH4O3S/c1-3(2-4)6-5;2-1(3)5-4;1-5(2,3)4/h2,5H2,1H3;4H2,(H4,2,3,5);1H3,(H,2,3,4). The van der Waals surface area contributed by atoms with E-state index in [1.807, 2.05) is 5.43 Å². The van der Waals surface area contributed by atoms with E-state index in [4.69, 9.17) is 27.4 Å². The molecule has 0 aromatic heterocycles. The molecule has 0 atom stereocenters. The molecule has 0 saturated carbocycles. The molecule has 9 nitrogen and oxygen atoms in total. The van der Waals surface area contributed by atoms with Crippen LogP contribution in [-0.4, -0.2) is 36.8 Å². The molecule has 0 unspecified atom stereocenters. The number of nitrogens with zero attached hydrogens (tertiary/aromatic N) is 1. The third kappa shape index (κ3) is 76.1. The summed E-state index contributed by atoms with van der Waals surface area (Å²) in [7, 11) is -3.67. The van der Waals surface area contributed by atoms with Gasteiger partial charge in [0.2, 0.25) is 0 Å². The zero-order valence-electron chi connectivity index (χ0n) is 8.94. The maximum Gasteiger partial charge on any atom is 0.261 e. The Morgan fingerprint density at radius 3 is 1.88 bits per heavy atom. The lowest BCUT2D eigenvalue weighted by Crippen LogP contribution is -2.35. The van der Waals surface area contributed by atoms with Gasteiger partial charge in [0.15, 0.2) is 5.96 Å². The van der Waals surface area contributed by atoms with Crippen LogP contribution in [0.4, 0.5) is 0 Å². The average molecular weight is 277 g/mol. The Bertz CT molecular complexity index is 295. The Morgan fingerprint density at radius 1 is 1.62 bits per heavy atom. The van der Waals surface area contributed by atoms with Crippen molar-refractivity contribution in [1.82, 2.24) is 5.43 Å². The Labute approximate surface area is 99.2 Å². The van der Waals surface area contributed by atoms with Crippen LogP contribution >= 0.6 is 11.6 Å². The number of halogens is 1. The maximum absolute atomic E-state index is 9.19. The largest absolute Gasteiger partial charge is 0.369 e. The molecule has 0 bridgehead atoms. The molecule has 0 saturated heterocycles. The summed E-state index contributed by atoms with van der Waals surface area (Å²) in [5.74, 6) is 9.57. The highest BCUT2D eigenvalue weighted by atomic mass is 35.5. The van der Waals surface area contributed by atoms with Crippen LogP contribution < -0.4 is 22.8 Å². The van der Waals surface area contributed by atoms with E-state index in [2.05, 4.69) is 16.7 Å². The van der Waals surface area contributed by atoms with Gasteiger partial charge in [-0.3, -0.25) is 15.4 Å². The fourth-order valence-corrected chi connectivity index (χ4v) is 0.104. The van der Waals surface area contributed by atoms with Crippen LogP contribution in [0.5, 0.6) is 0 Å². The number of hydrogen-bond acceptors (Lipinski definition) is 6. The van der Waals surface area contributed by atoms with Crippen molar-refractivity contribution in [3.63, 3.8) is 0 Å². The van der Waals surface area contributed by atoms with Gasteiger partial charge in [0, 0.05) is 5.71 Å². The summed E-state index contributed by atoms with van der Waals surface area (Å²) in [4.78, 5) is 0. The van der Waals surface area contributed by atoms with Crippen molar-refractivity contribution >= 4 is 33.4 Å². The molecule has 0 amide bonds. The number of guanidine groups is 1. The minimum atomic E-state index is -3.67. The molecule has 0 aliphatic rings. The number of hydrogen-bond donors (Lipinski definition) is 6. The van der Waals surface area contributed by atoms with Gasteiger partial charge >= 0.3 is 0 Å². The third-order valence-corrected chi connectivity index (χ3v) is 0.956. The molecule has 0 heterocycles. The van der Waals surface area contributed by atoms with Crippen LogP contribution in [0.2, 0.25) is 0 Å². The van der Waals surface area contributed by atoms with Crippen LogP contribution in [0.1, 0.15) is 6.92 Å². The quantitative estimate of drug-likeness (QED) is 0.0833. The lowest BCUT2D eigenvalue weighted by Gasteiger charge is -1.85. The number of nitrogens with one attached hydrogen (secondary N) is 2. The fraction of sp³-hybridized carbons (Fsp3) is 0.600. The third-order valence-electron chi connectivity index (χ3n) is 0.569. The molecule has 9 N–H and O–H groups in total. The summed E-state index contributed by atoms with van der Waals surface area (Å²) in [6, 6.07) is 0. The molecule has 0 aromatic carbocycles. The van der Waals surface area contributed by atoms with Crippen molar-refractivity contribution in [1.29, 1.82) is 5.41 Å². The number of rotatable bonds is 1. The van der Waals surface area contributed by atoms with Crippen LogP contribution in [0.25, 0.3) is 0 Å². The van der Waals surface area contributed by atoms with Crippen LogP contribution in [0.15, 0.2) is 5.10 Å². The molecule has 98 valence electrons.